The van der Waals surface area contributed by atoms with Gasteiger partial charge in [0.1, 0.15) is 5.78 Å². The largest absolute Gasteiger partial charge is 0.299 e. The lowest BCUT2D eigenvalue weighted by atomic mass is 9.55. The molecule has 0 spiro atoms. The van der Waals surface area contributed by atoms with Gasteiger partial charge in [0.25, 0.3) is 0 Å². The normalized spacial score (nSPS) is 30.4. The topological polar surface area (TPSA) is 34.1 Å². The van der Waals surface area contributed by atoms with Crippen LogP contribution in [-0.4, -0.2) is 11.6 Å². The lowest BCUT2D eigenvalue weighted by molar-refractivity contribution is -0.129. The molecule has 0 unspecified atom stereocenters. The molecule has 2 heteroatoms. The van der Waals surface area contributed by atoms with E-state index in [-0.39, 0.29) is 11.2 Å². The van der Waals surface area contributed by atoms with Gasteiger partial charge in [-0.25, -0.2) is 0 Å². The minimum atomic E-state index is -0.0452. The molecule has 2 nitrogen and oxygen atoms in total. The average Bonchev–Trinajstić information content (AvgIpc) is 3.07. The van der Waals surface area contributed by atoms with Gasteiger partial charge < -0.3 is 0 Å². The van der Waals surface area contributed by atoms with Gasteiger partial charge in [0, 0.05) is 23.8 Å². The number of aryl methyl sites for hydroxylation is 2. The first-order valence-corrected chi connectivity index (χ1v) is 11.3. The van der Waals surface area contributed by atoms with Gasteiger partial charge in [-0.3, -0.25) is 9.59 Å². The van der Waals surface area contributed by atoms with Crippen molar-refractivity contribution in [3.63, 3.8) is 0 Å². The van der Waals surface area contributed by atoms with Gasteiger partial charge in [-0.15, -0.1) is 0 Å². The molecule has 3 aliphatic rings. The number of Topliss-reactive ketones (excluding diaryl/α,β-unsaturated/α-hetero) is 2. The van der Waals surface area contributed by atoms with Crippen LogP contribution in [0, 0.1) is 17.3 Å². The van der Waals surface area contributed by atoms with Crippen LogP contribution in [-0.2, 0) is 17.6 Å². The molecule has 5 rings (SSSR count). The van der Waals surface area contributed by atoms with Gasteiger partial charge in [0.2, 0.25) is 0 Å². The van der Waals surface area contributed by atoms with E-state index >= 15 is 0 Å². The Labute approximate surface area is 173 Å². The third-order valence-corrected chi connectivity index (χ3v) is 8.24. The molecule has 0 amide bonds. The lowest BCUT2D eigenvalue weighted by Crippen LogP contribution is -2.42. The Hall–Kier alpha value is -2.22. The van der Waals surface area contributed by atoms with E-state index in [9.17, 15) is 9.59 Å². The van der Waals surface area contributed by atoms with Gasteiger partial charge in [-0.1, -0.05) is 55.5 Å². The van der Waals surface area contributed by atoms with E-state index in [2.05, 4.69) is 25.1 Å². The summed E-state index contributed by atoms with van der Waals surface area (Å²) in [6.07, 6.45) is 7.83. The van der Waals surface area contributed by atoms with Gasteiger partial charge >= 0.3 is 0 Å². The van der Waals surface area contributed by atoms with Crippen LogP contribution >= 0.6 is 0 Å². The second kappa shape index (κ2) is 7.23. The second-order valence-electron chi connectivity index (χ2n) is 9.66. The van der Waals surface area contributed by atoms with Gasteiger partial charge in [0.15, 0.2) is 5.78 Å². The third kappa shape index (κ3) is 3.17. The van der Waals surface area contributed by atoms with Crippen molar-refractivity contribution in [1.29, 1.82) is 0 Å². The van der Waals surface area contributed by atoms with Crippen molar-refractivity contribution in [2.45, 2.75) is 64.2 Å². The molecule has 150 valence electrons. The molecule has 2 fully saturated rings. The van der Waals surface area contributed by atoms with Crippen LogP contribution < -0.4 is 0 Å². The summed E-state index contributed by atoms with van der Waals surface area (Å²) in [5.41, 5.74) is 5.06. The highest BCUT2D eigenvalue weighted by Gasteiger charge is 2.54. The Kier molecular flexibility index (Phi) is 4.69. The number of hydrogen-bond acceptors (Lipinski definition) is 2. The number of rotatable bonds is 4. The fraction of sp³-hybridized carbons (Fsp3) is 0.481. The lowest BCUT2D eigenvalue weighted by Gasteiger charge is -2.48. The predicted molar refractivity (Wildman–Crippen MR) is 115 cm³/mol. The Morgan fingerprint density at radius 3 is 2.69 bits per heavy atom. The number of carbonyl (C=O) groups excluding carboxylic acids is 2. The standard InChI is InChI=1S/C27H30O2/c1-27-16-15-22-21-10-7-18(8-13-25(28)19-5-3-2-4-6-19)17-20(21)9-11-23(22)24(27)12-14-26(27)29/h2-7,10,17,22-24H,8-9,11-16H2,1H3/t22-,23-,24+,27+/m1/s1. The Morgan fingerprint density at radius 1 is 1.03 bits per heavy atom. The fourth-order valence-electron chi connectivity index (χ4n) is 6.59. The minimum Gasteiger partial charge on any atom is -0.299 e. The summed E-state index contributed by atoms with van der Waals surface area (Å²) in [6.45, 7) is 2.24. The third-order valence-electron chi connectivity index (χ3n) is 8.24. The molecular formula is C27H30O2. The summed E-state index contributed by atoms with van der Waals surface area (Å²) in [7, 11) is 0. The van der Waals surface area contributed by atoms with Crippen molar-refractivity contribution in [1.82, 2.24) is 0 Å². The van der Waals surface area contributed by atoms with Crippen LogP contribution in [0.2, 0.25) is 0 Å². The molecule has 29 heavy (non-hydrogen) atoms. The summed E-state index contributed by atoms with van der Waals surface area (Å²) in [4.78, 5) is 24.9. The first-order chi connectivity index (χ1) is 14.1. The van der Waals surface area contributed by atoms with Crippen LogP contribution in [0.5, 0.6) is 0 Å². The number of fused-ring (bicyclic) bond motifs is 5. The van der Waals surface area contributed by atoms with E-state index in [1.54, 1.807) is 0 Å². The fourth-order valence-corrected chi connectivity index (χ4v) is 6.59. The Balaban J connectivity index is 1.31. The maximum Gasteiger partial charge on any atom is 0.163 e. The number of carbonyl (C=O) groups is 2. The molecule has 2 saturated carbocycles. The van der Waals surface area contributed by atoms with Crippen LogP contribution in [0.4, 0.5) is 0 Å². The van der Waals surface area contributed by atoms with Crippen LogP contribution in [0.1, 0.15) is 78.4 Å². The molecule has 3 aliphatic carbocycles. The Bertz CT molecular complexity index is 944. The van der Waals surface area contributed by atoms with Crippen molar-refractivity contribution < 1.29 is 9.59 Å². The molecule has 4 atom stereocenters. The maximum atomic E-state index is 12.5. The molecule has 0 saturated heterocycles. The van der Waals surface area contributed by atoms with E-state index in [4.69, 9.17) is 0 Å². The second-order valence-corrected chi connectivity index (χ2v) is 9.66. The number of benzene rings is 2. The van der Waals surface area contributed by atoms with Crippen molar-refractivity contribution >= 4 is 11.6 Å². The zero-order valence-corrected chi connectivity index (χ0v) is 17.3. The van der Waals surface area contributed by atoms with Gasteiger partial charge in [0.05, 0.1) is 0 Å². The molecule has 0 N–H and O–H groups in total. The molecule has 0 heterocycles. The van der Waals surface area contributed by atoms with Crippen LogP contribution in [0.3, 0.4) is 0 Å². The monoisotopic (exact) mass is 386 g/mol. The zero-order valence-electron chi connectivity index (χ0n) is 17.3. The Morgan fingerprint density at radius 2 is 1.86 bits per heavy atom. The minimum absolute atomic E-state index is 0.0452. The van der Waals surface area contributed by atoms with Crippen molar-refractivity contribution in [3.05, 3.63) is 70.8 Å². The van der Waals surface area contributed by atoms with E-state index in [0.717, 1.165) is 44.1 Å². The summed E-state index contributed by atoms with van der Waals surface area (Å²) in [5, 5.41) is 0. The number of ketones is 2. The molecular weight excluding hydrogens is 356 g/mol. The van der Waals surface area contributed by atoms with Gasteiger partial charge in [-0.05, 0) is 73.0 Å². The first-order valence-electron chi connectivity index (χ1n) is 11.3. The summed E-state index contributed by atoms with van der Waals surface area (Å²) in [6, 6.07) is 16.5. The molecule has 2 aromatic carbocycles. The summed E-state index contributed by atoms with van der Waals surface area (Å²) < 4.78 is 0. The van der Waals surface area contributed by atoms with Gasteiger partial charge in [-0.2, -0.15) is 0 Å². The summed E-state index contributed by atoms with van der Waals surface area (Å²) >= 11 is 0. The highest BCUT2D eigenvalue weighted by atomic mass is 16.1. The van der Waals surface area contributed by atoms with E-state index in [1.807, 2.05) is 30.3 Å². The highest BCUT2D eigenvalue weighted by Crippen LogP contribution is 2.59. The summed E-state index contributed by atoms with van der Waals surface area (Å²) in [5.74, 6) is 2.64. The molecule has 0 aromatic heterocycles. The SMILES string of the molecule is C[C@]12CC[C@@H]3c4ccc(CCC(=O)c5ccccc5)cc4CC[C@H]3[C@@H]1CCC2=O. The predicted octanol–water partition coefficient (Wildman–Crippen LogP) is 5.93. The van der Waals surface area contributed by atoms with Crippen LogP contribution in [0.15, 0.2) is 48.5 Å². The van der Waals surface area contributed by atoms with E-state index < -0.39 is 0 Å². The molecule has 0 aliphatic heterocycles. The van der Waals surface area contributed by atoms with Crippen molar-refractivity contribution in [2.75, 3.05) is 0 Å². The highest BCUT2D eigenvalue weighted by molar-refractivity contribution is 5.96. The van der Waals surface area contributed by atoms with Crippen molar-refractivity contribution in [2.24, 2.45) is 17.3 Å². The van der Waals surface area contributed by atoms with Crippen molar-refractivity contribution in [3.8, 4) is 0 Å². The zero-order chi connectivity index (χ0) is 20.0. The van der Waals surface area contributed by atoms with E-state index in [0.29, 0.717) is 30.0 Å². The molecule has 0 bridgehead atoms. The van der Waals surface area contributed by atoms with E-state index in [1.165, 1.54) is 23.1 Å². The molecule has 0 radical (unpaired) electrons. The quantitative estimate of drug-likeness (QED) is 0.611. The smallest absolute Gasteiger partial charge is 0.163 e. The van der Waals surface area contributed by atoms with Crippen LogP contribution in [0.25, 0.3) is 0 Å². The maximum absolute atomic E-state index is 12.5. The molecule has 2 aromatic rings. The number of hydrogen-bond donors (Lipinski definition) is 0. The average molecular weight is 387 g/mol. The first kappa shape index (κ1) is 18.8.